The van der Waals surface area contributed by atoms with Crippen LogP contribution >= 0.6 is 0 Å². The molecule has 1 aliphatic rings. The summed E-state index contributed by atoms with van der Waals surface area (Å²) in [5, 5.41) is 0. The standard InChI is InChI=1S/C17H20N2O2S/c1-22(20,21)15-8-5-7-14(13-15)16-9-6-10-18-17(16)19-11-3-2-4-12-19/h5-10,13H,2-4,11-12H2,1H3. The van der Waals surface area contributed by atoms with Gasteiger partial charge in [0.25, 0.3) is 0 Å². The molecule has 1 aromatic carbocycles. The molecule has 0 aliphatic carbocycles. The predicted octanol–water partition coefficient (Wildman–Crippen LogP) is 3.14. The maximum absolute atomic E-state index is 11.8. The molecule has 0 atom stereocenters. The van der Waals surface area contributed by atoms with Crippen LogP contribution in [0.4, 0.5) is 5.82 Å². The van der Waals surface area contributed by atoms with Gasteiger partial charge in [-0.05, 0) is 49.1 Å². The summed E-state index contributed by atoms with van der Waals surface area (Å²) in [6.07, 6.45) is 6.66. The number of benzene rings is 1. The highest BCUT2D eigenvalue weighted by Gasteiger charge is 2.17. The van der Waals surface area contributed by atoms with E-state index in [4.69, 9.17) is 0 Å². The van der Waals surface area contributed by atoms with E-state index < -0.39 is 9.84 Å². The molecule has 0 saturated carbocycles. The zero-order valence-electron chi connectivity index (χ0n) is 12.7. The van der Waals surface area contributed by atoms with Gasteiger partial charge in [0.1, 0.15) is 5.82 Å². The van der Waals surface area contributed by atoms with Crippen molar-refractivity contribution >= 4 is 15.7 Å². The Labute approximate surface area is 131 Å². The smallest absolute Gasteiger partial charge is 0.175 e. The summed E-state index contributed by atoms with van der Waals surface area (Å²) in [6, 6.07) is 11.0. The maximum atomic E-state index is 11.8. The molecule has 0 amide bonds. The van der Waals surface area contributed by atoms with Crippen molar-refractivity contribution < 1.29 is 8.42 Å². The lowest BCUT2D eigenvalue weighted by Crippen LogP contribution is -2.30. The Hall–Kier alpha value is -1.88. The van der Waals surface area contributed by atoms with E-state index in [0.29, 0.717) is 4.90 Å². The van der Waals surface area contributed by atoms with Crippen molar-refractivity contribution in [2.75, 3.05) is 24.2 Å². The van der Waals surface area contributed by atoms with Gasteiger partial charge < -0.3 is 4.90 Å². The second-order valence-electron chi connectivity index (χ2n) is 5.72. The van der Waals surface area contributed by atoms with Gasteiger partial charge in [-0.25, -0.2) is 13.4 Å². The predicted molar refractivity (Wildman–Crippen MR) is 88.8 cm³/mol. The molecule has 22 heavy (non-hydrogen) atoms. The highest BCUT2D eigenvalue weighted by Crippen LogP contribution is 2.31. The maximum Gasteiger partial charge on any atom is 0.175 e. The molecule has 3 rings (SSSR count). The van der Waals surface area contributed by atoms with Crippen molar-refractivity contribution in [3.63, 3.8) is 0 Å². The minimum absolute atomic E-state index is 0.346. The van der Waals surface area contributed by atoms with E-state index in [1.807, 2.05) is 18.2 Å². The van der Waals surface area contributed by atoms with Crippen LogP contribution < -0.4 is 4.90 Å². The van der Waals surface area contributed by atoms with E-state index in [0.717, 1.165) is 30.0 Å². The molecule has 2 aromatic rings. The van der Waals surface area contributed by atoms with Crippen LogP contribution in [0.15, 0.2) is 47.5 Å². The number of sulfone groups is 1. The largest absolute Gasteiger partial charge is 0.356 e. The van der Waals surface area contributed by atoms with Crippen LogP contribution in [0.1, 0.15) is 19.3 Å². The number of piperidine rings is 1. The third-order valence-corrected chi connectivity index (χ3v) is 5.13. The van der Waals surface area contributed by atoms with Crippen LogP contribution in [-0.4, -0.2) is 32.7 Å². The Morgan fingerprint density at radius 1 is 1.05 bits per heavy atom. The first-order valence-electron chi connectivity index (χ1n) is 7.56. The van der Waals surface area contributed by atoms with Gasteiger partial charge >= 0.3 is 0 Å². The lowest BCUT2D eigenvalue weighted by molar-refractivity contribution is 0.574. The van der Waals surface area contributed by atoms with Crippen LogP contribution in [0.2, 0.25) is 0 Å². The monoisotopic (exact) mass is 316 g/mol. The normalized spacial score (nSPS) is 15.8. The average Bonchev–Trinajstić information content (AvgIpc) is 2.55. The van der Waals surface area contributed by atoms with Crippen molar-refractivity contribution in [3.05, 3.63) is 42.6 Å². The number of hydrogen-bond acceptors (Lipinski definition) is 4. The first-order valence-corrected chi connectivity index (χ1v) is 9.45. The fourth-order valence-corrected chi connectivity index (χ4v) is 3.54. The van der Waals surface area contributed by atoms with Gasteiger partial charge in [0, 0.05) is 31.1 Å². The van der Waals surface area contributed by atoms with Gasteiger partial charge in [-0.3, -0.25) is 0 Å². The molecular weight excluding hydrogens is 296 g/mol. The molecule has 0 bridgehead atoms. The third-order valence-electron chi connectivity index (χ3n) is 4.02. The summed E-state index contributed by atoms with van der Waals surface area (Å²) in [7, 11) is -3.21. The van der Waals surface area contributed by atoms with Crippen molar-refractivity contribution in [1.82, 2.24) is 4.98 Å². The number of nitrogens with zero attached hydrogens (tertiary/aromatic N) is 2. The summed E-state index contributed by atoms with van der Waals surface area (Å²) in [5.74, 6) is 0.952. The molecule has 1 aromatic heterocycles. The Morgan fingerprint density at radius 3 is 2.55 bits per heavy atom. The van der Waals surface area contributed by atoms with Crippen molar-refractivity contribution in [3.8, 4) is 11.1 Å². The lowest BCUT2D eigenvalue weighted by Gasteiger charge is -2.29. The number of rotatable bonds is 3. The average molecular weight is 316 g/mol. The first-order chi connectivity index (χ1) is 10.6. The van der Waals surface area contributed by atoms with Gasteiger partial charge in [-0.2, -0.15) is 0 Å². The Morgan fingerprint density at radius 2 is 1.82 bits per heavy atom. The van der Waals surface area contributed by atoms with Gasteiger partial charge in [-0.1, -0.05) is 12.1 Å². The van der Waals surface area contributed by atoms with Gasteiger partial charge in [0.2, 0.25) is 0 Å². The van der Waals surface area contributed by atoms with Crippen molar-refractivity contribution in [1.29, 1.82) is 0 Å². The van der Waals surface area contributed by atoms with Gasteiger partial charge in [0.15, 0.2) is 9.84 Å². The molecule has 116 valence electrons. The van der Waals surface area contributed by atoms with E-state index in [1.165, 1.54) is 25.5 Å². The number of anilines is 1. The molecule has 0 spiro atoms. The molecule has 0 unspecified atom stereocenters. The number of hydrogen-bond donors (Lipinski definition) is 0. The van der Waals surface area contributed by atoms with Crippen LogP contribution in [-0.2, 0) is 9.84 Å². The van der Waals surface area contributed by atoms with Gasteiger partial charge in [0.05, 0.1) is 4.90 Å². The van der Waals surface area contributed by atoms with E-state index in [2.05, 4.69) is 9.88 Å². The fourth-order valence-electron chi connectivity index (χ4n) is 2.87. The quantitative estimate of drug-likeness (QED) is 0.873. The SMILES string of the molecule is CS(=O)(=O)c1cccc(-c2cccnc2N2CCCCC2)c1. The molecule has 5 heteroatoms. The summed E-state index contributed by atoms with van der Waals surface area (Å²) < 4.78 is 23.6. The third kappa shape index (κ3) is 3.14. The Kier molecular flexibility index (Phi) is 4.16. The molecule has 1 saturated heterocycles. The topological polar surface area (TPSA) is 50.3 Å². The zero-order valence-corrected chi connectivity index (χ0v) is 13.5. The minimum atomic E-state index is -3.21. The lowest BCUT2D eigenvalue weighted by atomic mass is 10.0. The van der Waals surface area contributed by atoms with Crippen molar-refractivity contribution in [2.24, 2.45) is 0 Å². The van der Waals surface area contributed by atoms with Crippen LogP contribution in [0.25, 0.3) is 11.1 Å². The van der Waals surface area contributed by atoms with E-state index >= 15 is 0 Å². The minimum Gasteiger partial charge on any atom is -0.356 e. The van der Waals surface area contributed by atoms with Gasteiger partial charge in [-0.15, -0.1) is 0 Å². The fraction of sp³-hybridized carbons (Fsp3) is 0.353. The van der Waals surface area contributed by atoms with E-state index in [9.17, 15) is 8.42 Å². The first kappa shape index (κ1) is 15.0. The van der Waals surface area contributed by atoms with Crippen LogP contribution in [0.3, 0.4) is 0 Å². The molecule has 1 aliphatic heterocycles. The summed E-state index contributed by atoms with van der Waals surface area (Å²) >= 11 is 0. The molecule has 2 heterocycles. The second-order valence-corrected chi connectivity index (χ2v) is 7.74. The summed E-state index contributed by atoms with van der Waals surface area (Å²) in [5.41, 5.74) is 1.89. The van der Waals surface area contributed by atoms with Crippen LogP contribution in [0, 0.1) is 0 Å². The zero-order chi connectivity index (χ0) is 15.6. The summed E-state index contributed by atoms with van der Waals surface area (Å²) in [4.78, 5) is 7.19. The molecular formula is C17H20N2O2S. The molecule has 1 fully saturated rings. The van der Waals surface area contributed by atoms with Crippen molar-refractivity contribution in [2.45, 2.75) is 24.2 Å². The molecule has 0 radical (unpaired) electrons. The molecule has 0 N–H and O–H groups in total. The Bertz CT molecular complexity index is 766. The highest BCUT2D eigenvalue weighted by atomic mass is 32.2. The van der Waals surface area contributed by atoms with E-state index in [1.54, 1.807) is 24.4 Å². The Balaban J connectivity index is 2.05. The summed E-state index contributed by atoms with van der Waals surface area (Å²) in [6.45, 7) is 2.02. The highest BCUT2D eigenvalue weighted by molar-refractivity contribution is 7.90. The second kappa shape index (κ2) is 6.08. The van der Waals surface area contributed by atoms with Crippen LogP contribution in [0.5, 0.6) is 0 Å². The van der Waals surface area contributed by atoms with E-state index in [-0.39, 0.29) is 0 Å². The number of aromatic nitrogens is 1. The number of pyridine rings is 1. The molecule has 4 nitrogen and oxygen atoms in total.